The molecule has 0 N–H and O–H groups in total. The Kier molecular flexibility index (Phi) is 5.10. The number of ether oxygens (including phenoxy) is 1. The maximum Gasteiger partial charge on any atom is 0.265 e. The van der Waals surface area contributed by atoms with E-state index in [1.807, 2.05) is 0 Å². The molecule has 4 aromatic rings. The van der Waals surface area contributed by atoms with E-state index in [0.717, 1.165) is 6.20 Å². The second-order valence-corrected chi connectivity index (χ2v) is 5.92. The maximum atomic E-state index is 12.7. The van der Waals surface area contributed by atoms with E-state index in [-0.39, 0.29) is 12.2 Å². The topological polar surface area (TPSA) is 104 Å². The number of nitrogens with zero attached hydrogens (tertiary/aromatic N) is 8. The highest BCUT2D eigenvalue weighted by molar-refractivity contribution is 5.56. The molecule has 0 spiro atoms. The van der Waals surface area contributed by atoms with Crippen molar-refractivity contribution in [2.75, 3.05) is 0 Å². The van der Waals surface area contributed by atoms with Crippen LogP contribution in [0.15, 0.2) is 49.1 Å². The van der Waals surface area contributed by atoms with Crippen molar-refractivity contribution in [1.29, 1.82) is 0 Å². The van der Waals surface area contributed by atoms with Crippen molar-refractivity contribution in [1.82, 2.24) is 40.1 Å². The smallest absolute Gasteiger partial charge is 0.265 e. The molecule has 4 aromatic heterocycles. The van der Waals surface area contributed by atoms with Crippen LogP contribution in [-0.2, 0) is 13.7 Å². The molecule has 11 heteroatoms. The molecular formula is C18H14F2N8O. The summed E-state index contributed by atoms with van der Waals surface area (Å²) in [5.41, 5.74) is 2.48. The lowest BCUT2D eigenvalue weighted by atomic mass is 10.2. The van der Waals surface area contributed by atoms with Gasteiger partial charge in [-0.1, -0.05) is 5.21 Å². The minimum atomic E-state index is -2.58. The molecule has 0 aromatic carbocycles. The van der Waals surface area contributed by atoms with Gasteiger partial charge in [0.2, 0.25) is 5.88 Å². The van der Waals surface area contributed by atoms with Crippen LogP contribution in [0, 0.1) is 0 Å². The minimum absolute atomic E-state index is 0.0935. The van der Waals surface area contributed by atoms with Crippen molar-refractivity contribution in [3.8, 4) is 28.7 Å². The Morgan fingerprint density at radius 2 is 1.79 bits per heavy atom. The molecular weight excluding hydrogens is 382 g/mol. The van der Waals surface area contributed by atoms with Gasteiger partial charge in [-0.15, -0.1) is 15.3 Å². The zero-order valence-electron chi connectivity index (χ0n) is 15.1. The fraction of sp³-hybridized carbons (Fsp3) is 0.167. The SMILES string of the molecule is Cn1nnc(-c2ccc(C(F)F)cn2)c1COc1ccc(-c2cnccn2)nn1. The van der Waals surface area contributed by atoms with E-state index < -0.39 is 6.43 Å². The van der Waals surface area contributed by atoms with Gasteiger partial charge >= 0.3 is 0 Å². The Labute approximate surface area is 163 Å². The van der Waals surface area contributed by atoms with Crippen molar-refractivity contribution in [3.63, 3.8) is 0 Å². The highest BCUT2D eigenvalue weighted by atomic mass is 19.3. The van der Waals surface area contributed by atoms with E-state index in [4.69, 9.17) is 4.74 Å². The number of hydrogen-bond acceptors (Lipinski definition) is 8. The van der Waals surface area contributed by atoms with Crippen LogP contribution in [0.5, 0.6) is 5.88 Å². The predicted molar refractivity (Wildman–Crippen MR) is 96.6 cm³/mol. The van der Waals surface area contributed by atoms with Crippen molar-refractivity contribution in [2.24, 2.45) is 7.05 Å². The Balaban J connectivity index is 1.50. The molecule has 0 aliphatic rings. The van der Waals surface area contributed by atoms with Gasteiger partial charge in [0, 0.05) is 37.3 Å². The monoisotopic (exact) mass is 396 g/mol. The second-order valence-electron chi connectivity index (χ2n) is 5.92. The predicted octanol–water partition coefficient (Wildman–Crippen LogP) is 2.64. The molecule has 4 rings (SSSR count). The lowest BCUT2D eigenvalue weighted by Gasteiger charge is -2.07. The van der Waals surface area contributed by atoms with Gasteiger partial charge in [-0.25, -0.2) is 13.5 Å². The van der Waals surface area contributed by atoms with Crippen LogP contribution in [-0.4, -0.2) is 40.1 Å². The Bertz CT molecular complexity index is 1090. The van der Waals surface area contributed by atoms with Crippen molar-refractivity contribution >= 4 is 0 Å². The second kappa shape index (κ2) is 8.00. The third-order valence-corrected chi connectivity index (χ3v) is 4.05. The van der Waals surface area contributed by atoms with Crippen LogP contribution in [0.2, 0.25) is 0 Å². The number of hydrogen-bond donors (Lipinski definition) is 0. The number of halogens is 2. The highest BCUT2D eigenvalue weighted by Gasteiger charge is 2.16. The number of rotatable bonds is 6. The van der Waals surface area contributed by atoms with Gasteiger partial charge in [0.1, 0.15) is 29.4 Å². The van der Waals surface area contributed by atoms with Crippen LogP contribution in [0.3, 0.4) is 0 Å². The largest absolute Gasteiger partial charge is 0.470 e. The average Bonchev–Trinajstić information content (AvgIpc) is 3.13. The van der Waals surface area contributed by atoms with E-state index >= 15 is 0 Å². The quantitative estimate of drug-likeness (QED) is 0.490. The van der Waals surface area contributed by atoms with Gasteiger partial charge in [0.15, 0.2) is 0 Å². The van der Waals surface area contributed by atoms with Gasteiger partial charge in [-0.2, -0.15) is 0 Å². The molecule has 146 valence electrons. The number of aromatic nitrogens is 8. The fourth-order valence-corrected chi connectivity index (χ4v) is 2.52. The summed E-state index contributed by atoms with van der Waals surface area (Å²) < 4.78 is 32.7. The summed E-state index contributed by atoms with van der Waals surface area (Å²) >= 11 is 0. The number of pyridine rings is 1. The Hall–Kier alpha value is -3.89. The highest BCUT2D eigenvalue weighted by Crippen LogP contribution is 2.23. The molecule has 0 radical (unpaired) electrons. The summed E-state index contributed by atoms with van der Waals surface area (Å²) in [6.07, 6.45) is 3.27. The molecule has 0 bridgehead atoms. The summed E-state index contributed by atoms with van der Waals surface area (Å²) in [5, 5.41) is 16.1. The summed E-state index contributed by atoms with van der Waals surface area (Å²) in [6, 6.07) is 6.17. The number of alkyl halides is 2. The molecule has 0 atom stereocenters. The van der Waals surface area contributed by atoms with Gasteiger partial charge in [0.05, 0.1) is 11.9 Å². The van der Waals surface area contributed by atoms with E-state index in [1.165, 1.54) is 16.8 Å². The van der Waals surface area contributed by atoms with Gasteiger partial charge < -0.3 is 4.74 Å². The van der Waals surface area contributed by atoms with Gasteiger partial charge in [0.25, 0.3) is 6.43 Å². The first-order chi connectivity index (χ1) is 14.1. The van der Waals surface area contributed by atoms with E-state index in [2.05, 4.69) is 35.5 Å². The summed E-state index contributed by atoms with van der Waals surface area (Å²) in [6.45, 7) is 0.0935. The van der Waals surface area contributed by atoms with E-state index in [1.54, 1.807) is 37.8 Å². The Morgan fingerprint density at radius 1 is 0.931 bits per heavy atom. The van der Waals surface area contributed by atoms with Crippen LogP contribution in [0.4, 0.5) is 8.78 Å². The third kappa shape index (κ3) is 4.03. The van der Waals surface area contributed by atoms with E-state index in [0.29, 0.717) is 34.3 Å². The zero-order chi connectivity index (χ0) is 20.2. The first-order valence-corrected chi connectivity index (χ1v) is 8.48. The van der Waals surface area contributed by atoms with Gasteiger partial charge in [-0.3, -0.25) is 15.0 Å². The first kappa shape index (κ1) is 18.5. The zero-order valence-corrected chi connectivity index (χ0v) is 15.1. The fourth-order valence-electron chi connectivity index (χ4n) is 2.52. The van der Waals surface area contributed by atoms with Crippen molar-refractivity contribution in [3.05, 3.63) is 60.3 Å². The molecule has 0 unspecified atom stereocenters. The van der Waals surface area contributed by atoms with Crippen molar-refractivity contribution in [2.45, 2.75) is 13.0 Å². The van der Waals surface area contributed by atoms with Crippen LogP contribution < -0.4 is 4.74 Å². The van der Waals surface area contributed by atoms with Gasteiger partial charge in [-0.05, 0) is 18.2 Å². The minimum Gasteiger partial charge on any atom is -0.470 e. The molecule has 4 heterocycles. The molecule has 29 heavy (non-hydrogen) atoms. The Morgan fingerprint density at radius 3 is 2.45 bits per heavy atom. The van der Waals surface area contributed by atoms with E-state index in [9.17, 15) is 8.78 Å². The standard InChI is InChI=1S/C18H14F2N8O/c1-28-15(17(26-27-28)13-3-2-11(8-23-13)18(19)20)10-29-16-5-4-12(24-25-16)14-9-21-6-7-22-14/h2-9,18H,10H2,1H3. The molecule has 0 saturated carbocycles. The maximum absolute atomic E-state index is 12.7. The van der Waals surface area contributed by atoms with Crippen molar-refractivity contribution < 1.29 is 13.5 Å². The number of aryl methyl sites for hydroxylation is 1. The molecule has 0 fully saturated rings. The van der Waals surface area contributed by atoms with Crippen LogP contribution >= 0.6 is 0 Å². The summed E-state index contributed by atoms with van der Waals surface area (Å²) in [4.78, 5) is 12.2. The molecule has 9 nitrogen and oxygen atoms in total. The summed E-state index contributed by atoms with van der Waals surface area (Å²) in [5.74, 6) is 0.297. The molecule has 0 saturated heterocycles. The first-order valence-electron chi connectivity index (χ1n) is 8.48. The molecule has 0 aliphatic heterocycles. The normalized spacial score (nSPS) is 11.0. The average molecular weight is 396 g/mol. The lowest BCUT2D eigenvalue weighted by Crippen LogP contribution is -2.06. The molecule has 0 aliphatic carbocycles. The lowest BCUT2D eigenvalue weighted by molar-refractivity contribution is 0.151. The molecule has 0 amide bonds. The summed E-state index contributed by atoms with van der Waals surface area (Å²) in [7, 11) is 1.70. The third-order valence-electron chi connectivity index (χ3n) is 4.05. The van der Waals surface area contributed by atoms with Crippen LogP contribution in [0.25, 0.3) is 22.8 Å². The van der Waals surface area contributed by atoms with Crippen LogP contribution in [0.1, 0.15) is 17.7 Å².